The first-order valence-electron chi connectivity index (χ1n) is 2.68. The standard InChI is InChI=1S/C6H10O2Si/c1-2-3-4-5-6(7)8-9/h2-5H,1,9H3. The first-order valence-corrected chi connectivity index (χ1v) is 3.50. The van der Waals surface area contributed by atoms with Crippen molar-refractivity contribution >= 4 is 16.5 Å². The summed E-state index contributed by atoms with van der Waals surface area (Å²) in [5.41, 5.74) is 0. The van der Waals surface area contributed by atoms with E-state index in [1.54, 1.807) is 12.2 Å². The Balaban J connectivity index is 3.57. The lowest BCUT2D eigenvalue weighted by molar-refractivity contribution is -0.128. The zero-order valence-electron chi connectivity index (χ0n) is 5.63. The molecule has 3 heteroatoms. The lowest BCUT2D eigenvalue weighted by Crippen LogP contribution is -1.94. The second-order valence-corrected chi connectivity index (χ2v) is 1.82. The highest BCUT2D eigenvalue weighted by molar-refractivity contribution is 6.07. The fourth-order valence-corrected chi connectivity index (χ4v) is 0.449. The van der Waals surface area contributed by atoms with Crippen molar-refractivity contribution in [1.82, 2.24) is 0 Å². The van der Waals surface area contributed by atoms with Crippen molar-refractivity contribution in [2.45, 2.75) is 6.92 Å². The van der Waals surface area contributed by atoms with Gasteiger partial charge in [0.2, 0.25) is 10.5 Å². The van der Waals surface area contributed by atoms with Crippen molar-refractivity contribution < 1.29 is 9.22 Å². The lowest BCUT2D eigenvalue weighted by Gasteiger charge is -1.86. The van der Waals surface area contributed by atoms with Crippen LogP contribution >= 0.6 is 0 Å². The summed E-state index contributed by atoms with van der Waals surface area (Å²) in [6.45, 7) is 1.89. The van der Waals surface area contributed by atoms with Crippen LogP contribution in [0.3, 0.4) is 0 Å². The molecule has 0 spiro atoms. The molecule has 0 rings (SSSR count). The summed E-state index contributed by atoms with van der Waals surface area (Å²) in [5, 5.41) is 0. The molecule has 0 aromatic heterocycles. The molecule has 0 atom stereocenters. The number of carbonyl (C=O) groups excluding carboxylic acids is 1. The predicted octanol–water partition coefficient (Wildman–Crippen LogP) is -0.0577. The fourth-order valence-electron chi connectivity index (χ4n) is 0.313. The maximum absolute atomic E-state index is 10.4. The average molecular weight is 142 g/mol. The third kappa shape index (κ3) is 5.03. The van der Waals surface area contributed by atoms with Crippen LogP contribution in [0.15, 0.2) is 24.3 Å². The van der Waals surface area contributed by atoms with E-state index < -0.39 is 0 Å². The lowest BCUT2D eigenvalue weighted by atomic mass is 10.4. The molecule has 0 unspecified atom stereocenters. The van der Waals surface area contributed by atoms with Crippen molar-refractivity contribution in [3.63, 3.8) is 0 Å². The Bertz CT molecular complexity index is 138. The predicted molar refractivity (Wildman–Crippen MR) is 40.0 cm³/mol. The van der Waals surface area contributed by atoms with E-state index in [4.69, 9.17) is 0 Å². The molecule has 2 nitrogen and oxygen atoms in total. The van der Waals surface area contributed by atoms with E-state index in [1.165, 1.54) is 6.08 Å². The minimum absolute atomic E-state index is 0.264. The third-order valence-electron chi connectivity index (χ3n) is 0.737. The Kier molecular flexibility index (Phi) is 4.82. The van der Waals surface area contributed by atoms with Crippen LogP contribution in [0.5, 0.6) is 0 Å². The molecule has 0 N–H and O–H groups in total. The van der Waals surface area contributed by atoms with E-state index in [0.29, 0.717) is 10.5 Å². The van der Waals surface area contributed by atoms with Gasteiger partial charge in [0.1, 0.15) is 0 Å². The summed E-state index contributed by atoms with van der Waals surface area (Å²) in [7, 11) is 0.466. The maximum atomic E-state index is 10.4. The highest BCUT2D eigenvalue weighted by Crippen LogP contribution is 1.78. The highest BCUT2D eigenvalue weighted by atomic mass is 28.2. The zero-order chi connectivity index (χ0) is 7.11. The minimum Gasteiger partial charge on any atom is -0.526 e. The minimum atomic E-state index is -0.264. The van der Waals surface area contributed by atoms with Crippen molar-refractivity contribution in [3.8, 4) is 0 Å². The van der Waals surface area contributed by atoms with Crippen LogP contribution in [0.1, 0.15) is 6.92 Å². The van der Waals surface area contributed by atoms with Crippen molar-refractivity contribution in [1.29, 1.82) is 0 Å². The van der Waals surface area contributed by atoms with Gasteiger partial charge in [0.05, 0.1) is 0 Å². The second kappa shape index (κ2) is 5.31. The van der Waals surface area contributed by atoms with Gasteiger partial charge in [0, 0.05) is 6.08 Å². The summed E-state index contributed by atoms with van der Waals surface area (Å²) in [5.74, 6) is -0.264. The summed E-state index contributed by atoms with van der Waals surface area (Å²) >= 11 is 0. The number of hydrogen-bond donors (Lipinski definition) is 0. The van der Waals surface area contributed by atoms with E-state index in [2.05, 4.69) is 4.43 Å². The molecule has 0 radical (unpaired) electrons. The van der Waals surface area contributed by atoms with Crippen LogP contribution in [-0.4, -0.2) is 16.5 Å². The number of rotatable bonds is 2. The van der Waals surface area contributed by atoms with Gasteiger partial charge in [-0.05, 0) is 6.92 Å². The summed E-state index contributed by atoms with van der Waals surface area (Å²) < 4.78 is 4.48. The Labute approximate surface area is 57.8 Å². The van der Waals surface area contributed by atoms with Crippen molar-refractivity contribution in [2.75, 3.05) is 0 Å². The zero-order valence-corrected chi connectivity index (χ0v) is 7.63. The molecule has 50 valence electrons. The molecule has 0 saturated carbocycles. The first kappa shape index (κ1) is 8.17. The van der Waals surface area contributed by atoms with Crippen LogP contribution in [0.4, 0.5) is 0 Å². The molecule has 9 heavy (non-hydrogen) atoms. The van der Waals surface area contributed by atoms with Gasteiger partial charge in [0.15, 0.2) is 0 Å². The molecule has 0 saturated heterocycles. The summed E-state index contributed by atoms with van der Waals surface area (Å²) in [4.78, 5) is 10.4. The van der Waals surface area contributed by atoms with Crippen LogP contribution in [0.2, 0.25) is 0 Å². The van der Waals surface area contributed by atoms with E-state index in [9.17, 15) is 4.79 Å². The van der Waals surface area contributed by atoms with Crippen molar-refractivity contribution in [3.05, 3.63) is 24.3 Å². The average Bonchev–Trinajstić information content (AvgIpc) is 1.89. The quantitative estimate of drug-likeness (QED) is 0.307. The van der Waals surface area contributed by atoms with Crippen LogP contribution in [0, 0.1) is 0 Å². The number of carbonyl (C=O) groups is 1. The molecule has 0 heterocycles. The normalized spacial score (nSPS) is 11.2. The van der Waals surface area contributed by atoms with E-state index >= 15 is 0 Å². The summed E-state index contributed by atoms with van der Waals surface area (Å²) in [6.07, 6.45) is 6.67. The van der Waals surface area contributed by atoms with Gasteiger partial charge in [0.25, 0.3) is 0 Å². The van der Waals surface area contributed by atoms with Crippen LogP contribution < -0.4 is 0 Å². The number of hydrogen-bond acceptors (Lipinski definition) is 2. The first-order chi connectivity index (χ1) is 4.31. The maximum Gasteiger partial charge on any atom is 0.316 e. The molecule has 0 fully saturated rings. The number of allylic oxidation sites excluding steroid dienone is 3. The van der Waals surface area contributed by atoms with E-state index in [0.717, 1.165) is 0 Å². The Morgan fingerprint density at radius 2 is 2.22 bits per heavy atom. The van der Waals surface area contributed by atoms with Gasteiger partial charge in [-0.15, -0.1) is 0 Å². The molecular formula is C6H10O2Si. The molecule has 0 aromatic rings. The fraction of sp³-hybridized carbons (Fsp3) is 0.167. The molecule has 0 aromatic carbocycles. The van der Waals surface area contributed by atoms with E-state index in [1.807, 2.05) is 13.0 Å². The monoisotopic (exact) mass is 142 g/mol. The Morgan fingerprint density at radius 3 is 2.67 bits per heavy atom. The van der Waals surface area contributed by atoms with Gasteiger partial charge in [-0.3, -0.25) is 0 Å². The molecule has 0 aliphatic rings. The smallest absolute Gasteiger partial charge is 0.316 e. The van der Waals surface area contributed by atoms with Crippen LogP contribution in [0.25, 0.3) is 0 Å². The molecule has 0 aliphatic carbocycles. The van der Waals surface area contributed by atoms with E-state index in [-0.39, 0.29) is 5.97 Å². The van der Waals surface area contributed by atoms with Gasteiger partial charge in [-0.1, -0.05) is 18.2 Å². The van der Waals surface area contributed by atoms with Gasteiger partial charge >= 0.3 is 5.97 Å². The summed E-state index contributed by atoms with van der Waals surface area (Å²) in [6, 6.07) is 0. The SMILES string of the molecule is CC=CC=CC(=O)O[SiH3]. The van der Waals surface area contributed by atoms with Crippen LogP contribution in [-0.2, 0) is 9.22 Å². The van der Waals surface area contributed by atoms with Crippen molar-refractivity contribution in [2.24, 2.45) is 0 Å². The Morgan fingerprint density at radius 1 is 1.56 bits per heavy atom. The highest BCUT2D eigenvalue weighted by Gasteiger charge is 1.84. The molecule has 0 amide bonds. The molecule has 0 bridgehead atoms. The largest absolute Gasteiger partial charge is 0.526 e. The molecule has 0 aliphatic heterocycles. The topological polar surface area (TPSA) is 26.3 Å². The Hall–Kier alpha value is -0.833. The second-order valence-electron chi connectivity index (χ2n) is 1.41. The molecular weight excluding hydrogens is 132 g/mol. The van der Waals surface area contributed by atoms with Gasteiger partial charge in [-0.2, -0.15) is 0 Å². The van der Waals surface area contributed by atoms with Gasteiger partial charge < -0.3 is 4.43 Å². The third-order valence-corrected chi connectivity index (χ3v) is 1.14. The van der Waals surface area contributed by atoms with Gasteiger partial charge in [-0.25, -0.2) is 4.79 Å².